The molecule has 5 heteroatoms. The summed E-state index contributed by atoms with van der Waals surface area (Å²) in [5.74, 6) is -1.81. The minimum absolute atomic E-state index is 0.0784. The van der Waals surface area contributed by atoms with Crippen LogP contribution >= 0.6 is 0 Å². The van der Waals surface area contributed by atoms with Gasteiger partial charge in [0.15, 0.2) is 11.6 Å². The molecule has 1 fully saturated rings. The van der Waals surface area contributed by atoms with E-state index in [1.54, 1.807) is 36.4 Å². The molecule has 1 aliphatic heterocycles. The Kier molecular flexibility index (Phi) is 9.45. The molecule has 2 unspecified atom stereocenters. The van der Waals surface area contributed by atoms with Gasteiger partial charge in [0, 0.05) is 11.1 Å². The highest BCUT2D eigenvalue weighted by atomic mass is 19.2. The highest BCUT2D eigenvalue weighted by Gasteiger charge is 2.23. The van der Waals surface area contributed by atoms with Crippen molar-refractivity contribution < 1.29 is 22.6 Å². The molecule has 0 aliphatic carbocycles. The monoisotopic (exact) mass is 508 g/mol. The first-order valence-corrected chi connectivity index (χ1v) is 13.2. The summed E-state index contributed by atoms with van der Waals surface area (Å²) >= 11 is 0. The summed E-state index contributed by atoms with van der Waals surface area (Å²) < 4.78 is 55.9. The largest absolute Gasteiger partial charge is 0.490 e. The molecule has 0 saturated carbocycles. The molecular weight excluding hydrogens is 473 g/mol. The molecule has 1 saturated heterocycles. The van der Waals surface area contributed by atoms with Crippen LogP contribution in [0.1, 0.15) is 63.5 Å². The summed E-state index contributed by atoms with van der Waals surface area (Å²) in [6.45, 7) is 6.88. The molecule has 0 amide bonds. The van der Waals surface area contributed by atoms with E-state index in [4.69, 9.17) is 9.47 Å². The van der Waals surface area contributed by atoms with E-state index in [0.717, 1.165) is 50.5 Å². The van der Waals surface area contributed by atoms with E-state index in [0.29, 0.717) is 35.8 Å². The Labute approximate surface area is 218 Å². The van der Waals surface area contributed by atoms with Crippen molar-refractivity contribution in [2.75, 3.05) is 13.2 Å². The van der Waals surface area contributed by atoms with Crippen LogP contribution in [0.15, 0.2) is 67.3 Å². The van der Waals surface area contributed by atoms with E-state index >= 15 is 4.39 Å². The lowest BCUT2D eigenvalue weighted by molar-refractivity contribution is -0.0191. The van der Waals surface area contributed by atoms with Crippen molar-refractivity contribution in [2.24, 2.45) is 5.92 Å². The van der Waals surface area contributed by atoms with Gasteiger partial charge in [0.1, 0.15) is 5.82 Å². The Morgan fingerprint density at radius 3 is 2.30 bits per heavy atom. The number of hydrogen-bond donors (Lipinski definition) is 0. The predicted octanol–water partition coefficient (Wildman–Crippen LogP) is 9.44. The van der Waals surface area contributed by atoms with Gasteiger partial charge in [-0.15, -0.1) is 6.58 Å². The zero-order valence-electron chi connectivity index (χ0n) is 21.4. The second-order valence-corrected chi connectivity index (χ2v) is 9.74. The van der Waals surface area contributed by atoms with E-state index in [2.05, 4.69) is 13.5 Å². The summed E-state index contributed by atoms with van der Waals surface area (Å²) in [6, 6.07) is 15.0. The first kappa shape index (κ1) is 27.0. The van der Waals surface area contributed by atoms with Crippen LogP contribution in [0.4, 0.5) is 13.2 Å². The molecule has 4 rings (SSSR count). The van der Waals surface area contributed by atoms with Crippen LogP contribution in [0.25, 0.3) is 22.3 Å². The van der Waals surface area contributed by atoms with E-state index in [9.17, 15) is 8.78 Å². The third-order valence-corrected chi connectivity index (χ3v) is 7.07. The molecule has 2 atom stereocenters. The van der Waals surface area contributed by atoms with Gasteiger partial charge in [-0.05, 0) is 72.9 Å². The van der Waals surface area contributed by atoms with Crippen molar-refractivity contribution in [1.29, 1.82) is 0 Å². The van der Waals surface area contributed by atoms with Crippen LogP contribution in [0.3, 0.4) is 0 Å². The van der Waals surface area contributed by atoms with E-state index in [1.165, 1.54) is 12.1 Å². The number of rotatable bonds is 11. The number of ether oxygens (including phenoxy) is 2. The SMILES string of the molecule is C=CCCC1CCC(c2ccc(-c3ccc(-c4ccc(OCCCCC)c(F)c4F)cc3)c(F)c2)OC1. The van der Waals surface area contributed by atoms with Crippen LogP contribution in [-0.4, -0.2) is 13.2 Å². The van der Waals surface area contributed by atoms with Gasteiger partial charge in [-0.25, -0.2) is 8.78 Å². The average Bonchev–Trinajstić information content (AvgIpc) is 2.92. The standard InChI is InChI=1S/C32H35F3O2/c1-3-5-7-19-36-30-18-16-27(31(34)32(30)35)24-12-10-23(11-13-24)26-15-14-25(20-28(26)33)29-17-9-22(21-37-29)8-6-4-2/h4,10-16,18,20,22,29H,2-3,5-9,17,19,21H2,1H3. The summed E-state index contributed by atoms with van der Waals surface area (Å²) in [4.78, 5) is 0. The molecule has 0 radical (unpaired) electrons. The minimum atomic E-state index is -0.989. The molecular formula is C32H35F3O2. The van der Waals surface area contributed by atoms with Crippen molar-refractivity contribution in [2.45, 2.75) is 58.0 Å². The molecule has 0 N–H and O–H groups in total. The van der Waals surface area contributed by atoms with E-state index in [1.807, 2.05) is 12.1 Å². The first-order chi connectivity index (χ1) is 18.0. The van der Waals surface area contributed by atoms with Gasteiger partial charge in [0.05, 0.1) is 19.3 Å². The molecule has 0 aromatic heterocycles. The van der Waals surface area contributed by atoms with Crippen molar-refractivity contribution >= 4 is 0 Å². The van der Waals surface area contributed by atoms with Crippen molar-refractivity contribution in [3.8, 4) is 28.0 Å². The first-order valence-electron chi connectivity index (χ1n) is 13.2. The molecule has 37 heavy (non-hydrogen) atoms. The van der Waals surface area contributed by atoms with E-state index < -0.39 is 11.6 Å². The molecule has 2 nitrogen and oxygen atoms in total. The summed E-state index contributed by atoms with van der Waals surface area (Å²) in [7, 11) is 0. The Hall–Kier alpha value is -3.05. The zero-order chi connectivity index (χ0) is 26.2. The maximum atomic E-state index is 15.1. The fourth-order valence-corrected chi connectivity index (χ4v) is 4.85. The van der Waals surface area contributed by atoms with Crippen LogP contribution in [0, 0.1) is 23.4 Å². The van der Waals surface area contributed by atoms with Crippen LogP contribution < -0.4 is 4.74 Å². The van der Waals surface area contributed by atoms with Crippen LogP contribution in [0.2, 0.25) is 0 Å². The van der Waals surface area contributed by atoms with Gasteiger partial charge >= 0.3 is 0 Å². The quantitative estimate of drug-likeness (QED) is 0.190. The average molecular weight is 509 g/mol. The normalized spacial score (nSPS) is 17.5. The summed E-state index contributed by atoms with van der Waals surface area (Å²) in [5, 5.41) is 0. The fourth-order valence-electron chi connectivity index (χ4n) is 4.85. The maximum Gasteiger partial charge on any atom is 0.201 e. The van der Waals surface area contributed by atoms with Crippen molar-refractivity contribution in [1.82, 2.24) is 0 Å². The molecule has 1 heterocycles. The molecule has 3 aromatic rings. The van der Waals surface area contributed by atoms with Gasteiger partial charge in [-0.2, -0.15) is 4.39 Å². The smallest absolute Gasteiger partial charge is 0.201 e. The second kappa shape index (κ2) is 13.0. The minimum Gasteiger partial charge on any atom is -0.490 e. The molecule has 196 valence electrons. The number of benzene rings is 3. The van der Waals surface area contributed by atoms with Crippen LogP contribution in [-0.2, 0) is 4.74 Å². The summed E-state index contributed by atoms with van der Waals surface area (Å²) in [5.41, 5.74) is 2.61. The van der Waals surface area contributed by atoms with Crippen LogP contribution in [0.5, 0.6) is 5.75 Å². The molecule has 3 aromatic carbocycles. The third kappa shape index (κ3) is 6.64. The lowest BCUT2D eigenvalue weighted by Crippen LogP contribution is -2.20. The lowest BCUT2D eigenvalue weighted by atomic mass is 9.91. The molecule has 0 spiro atoms. The van der Waals surface area contributed by atoms with E-state index in [-0.39, 0.29) is 23.2 Å². The topological polar surface area (TPSA) is 18.5 Å². The maximum absolute atomic E-state index is 15.1. The van der Waals surface area contributed by atoms with Gasteiger partial charge < -0.3 is 9.47 Å². The lowest BCUT2D eigenvalue weighted by Gasteiger charge is -2.29. The highest BCUT2D eigenvalue weighted by molar-refractivity contribution is 5.71. The summed E-state index contributed by atoms with van der Waals surface area (Å²) in [6.07, 6.45) is 8.63. The van der Waals surface area contributed by atoms with Crippen molar-refractivity contribution in [3.63, 3.8) is 0 Å². The van der Waals surface area contributed by atoms with Gasteiger partial charge in [-0.1, -0.05) is 62.2 Å². The Morgan fingerprint density at radius 1 is 0.919 bits per heavy atom. The predicted molar refractivity (Wildman–Crippen MR) is 143 cm³/mol. The molecule has 0 bridgehead atoms. The van der Waals surface area contributed by atoms with Crippen molar-refractivity contribution in [3.05, 3.63) is 90.3 Å². The van der Waals surface area contributed by atoms with Gasteiger partial charge in [0.25, 0.3) is 0 Å². The number of allylic oxidation sites excluding steroid dienone is 1. The molecule has 1 aliphatic rings. The van der Waals surface area contributed by atoms with Gasteiger partial charge in [0.2, 0.25) is 5.82 Å². The number of unbranched alkanes of at least 4 members (excludes halogenated alkanes) is 2. The fraction of sp³-hybridized carbons (Fsp3) is 0.375. The highest BCUT2D eigenvalue weighted by Crippen LogP contribution is 2.36. The second-order valence-electron chi connectivity index (χ2n) is 9.74. The number of hydrogen-bond acceptors (Lipinski definition) is 2. The Morgan fingerprint density at radius 2 is 1.65 bits per heavy atom. The third-order valence-electron chi connectivity index (χ3n) is 7.07. The Bertz CT molecular complexity index is 1180. The van der Waals surface area contributed by atoms with Gasteiger partial charge in [-0.3, -0.25) is 0 Å². The Balaban J connectivity index is 1.44. The number of halogens is 3. The zero-order valence-corrected chi connectivity index (χ0v) is 21.4.